The highest BCUT2D eigenvalue weighted by molar-refractivity contribution is 9.10. The van der Waals surface area contributed by atoms with Gasteiger partial charge in [0.05, 0.1) is 17.8 Å². The predicted octanol–water partition coefficient (Wildman–Crippen LogP) is 3.41. The van der Waals surface area contributed by atoms with Gasteiger partial charge < -0.3 is 10.2 Å². The summed E-state index contributed by atoms with van der Waals surface area (Å²) in [5, 5.41) is 4.12. The van der Waals surface area contributed by atoms with Crippen LogP contribution in [0.5, 0.6) is 0 Å². The molecule has 0 heterocycles. The summed E-state index contributed by atoms with van der Waals surface area (Å²) in [5.41, 5.74) is 1.74. The maximum atomic E-state index is 12.1. The molecule has 0 bridgehead atoms. The molecule has 3 nitrogen and oxygen atoms in total. The monoisotopic (exact) mass is 401 g/mol. The molecule has 2 aromatic carbocycles. The van der Waals surface area contributed by atoms with Crippen molar-refractivity contribution in [3.05, 3.63) is 62.5 Å². The molecule has 0 spiro atoms. The molecule has 1 atom stereocenters. The molecule has 0 aliphatic rings. The lowest BCUT2D eigenvalue weighted by Crippen LogP contribution is -3.08. The van der Waals surface area contributed by atoms with E-state index in [1.54, 1.807) is 12.1 Å². The third-order valence-corrected chi connectivity index (χ3v) is 4.40. The second-order valence-electron chi connectivity index (χ2n) is 5.07. The van der Waals surface area contributed by atoms with E-state index < -0.39 is 0 Å². The summed E-state index contributed by atoms with van der Waals surface area (Å²) in [6.45, 7) is 1.000. The Morgan fingerprint density at radius 2 is 1.95 bits per heavy atom. The fourth-order valence-electron chi connectivity index (χ4n) is 2.08. The smallest absolute Gasteiger partial charge is 0.279 e. The SMILES string of the molecule is C[NH+](CC(=O)Nc1ccccc1Br)Cc1ccc(Cl)cc1Cl. The van der Waals surface area contributed by atoms with Crippen LogP contribution in [0.25, 0.3) is 0 Å². The van der Waals surface area contributed by atoms with E-state index in [-0.39, 0.29) is 5.91 Å². The molecular weight excluding hydrogens is 387 g/mol. The van der Waals surface area contributed by atoms with Crippen LogP contribution in [0.1, 0.15) is 5.56 Å². The van der Waals surface area contributed by atoms with E-state index in [2.05, 4.69) is 21.2 Å². The second-order valence-corrected chi connectivity index (χ2v) is 6.77. The summed E-state index contributed by atoms with van der Waals surface area (Å²) in [6.07, 6.45) is 0. The number of rotatable bonds is 5. The Morgan fingerprint density at radius 1 is 1.23 bits per heavy atom. The van der Waals surface area contributed by atoms with Crippen LogP contribution in [0, 0.1) is 0 Å². The Morgan fingerprint density at radius 3 is 2.64 bits per heavy atom. The van der Waals surface area contributed by atoms with Crippen LogP contribution in [0.3, 0.4) is 0 Å². The fraction of sp³-hybridized carbons (Fsp3) is 0.188. The number of hydrogen-bond acceptors (Lipinski definition) is 1. The average Bonchev–Trinajstić information content (AvgIpc) is 2.44. The first-order valence-corrected chi connectivity index (χ1v) is 8.30. The lowest BCUT2D eigenvalue weighted by atomic mass is 10.2. The Labute approximate surface area is 148 Å². The summed E-state index contributed by atoms with van der Waals surface area (Å²) in [7, 11) is 1.95. The van der Waals surface area contributed by atoms with E-state index in [4.69, 9.17) is 23.2 Å². The molecule has 2 N–H and O–H groups in total. The number of carbonyl (C=O) groups excluding carboxylic acids is 1. The summed E-state index contributed by atoms with van der Waals surface area (Å²) >= 11 is 15.4. The van der Waals surface area contributed by atoms with Gasteiger partial charge in [0.25, 0.3) is 5.91 Å². The molecule has 2 rings (SSSR count). The number of benzene rings is 2. The number of anilines is 1. The maximum Gasteiger partial charge on any atom is 0.279 e. The molecule has 22 heavy (non-hydrogen) atoms. The van der Waals surface area contributed by atoms with Gasteiger partial charge in [-0.1, -0.05) is 41.4 Å². The summed E-state index contributed by atoms with van der Waals surface area (Å²) < 4.78 is 0.863. The minimum absolute atomic E-state index is 0.0468. The number of para-hydroxylation sites is 1. The molecule has 0 aromatic heterocycles. The van der Waals surface area contributed by atoms with Crippen molar-refractivity contribution in [1.29, 1.82) is 0 Å². The van der Waals surface area contributed by atoms with Crippen LogP contribution in [0.4, 0.5) is 5.69 Å². The van der Waals surface area contributed by atoms with Crippen LogP contribution in [-0.2, 0) is 11.3 Å². The van der Waals surface area contributed by atoms with Gasteiger partial charge in [-0.3, -0.25) is 4.79 Å². The number of hydrogen-bond donors (Lipinski definition) is 2. The molecule has 0 aliphatic carbocycles. The van der Waals surface area contributed by atoms with Gasteiger partial charge in [0.15, 0.2) is 6.54 Å². The van der Waals surface area contributed by atoms with Gasteiger partial charge in [-0.15, -0.1) is 0 Å². The maximum absolute atomic E-state index is 12.1. The second kappa shape index (κ2) is 7.97. The quantitative estimate of drug-likeness (QED) is 0.789. The van der Waals surface area contributed by atoms with Crippen molar-refractivity contribution in [2.45, 2.75) is 6.54 Å². The zero-order valence-corrected chi connectivity index (χ0v) is 15.1. The molecule has 6 heteroatoms. The van der Waals surface area contributed by atoms with Gasteiger partial charge in [-0.25, -0.2) is 0 Å². The van der Waals surface area contributed by atoms with Crippen molar-refractivity contribution in [3.8, 4) is 0 Å². The van der Waals surface area contributed by atoms with Gasteiger partial charge in [0, 0.05) is 15.1 Å². The fourth-order valence-corrected chi connectivity index (χ4v) is 2.94. The molecule has 0 fully saturated rings. The Balaban J connectivity index is 1.92. The van der Waals surface area contributed by atoms with E-state index in [1.165, 1.54) is 0 Å². The van der Waals surface area contributed by atoms with E-state index in [0.29, 0.717) is 23.1 Å². The zero-order chi connectivity index (χ0) is 16.1. The number of likely N-dealkylation sites (N-methyl/N-ethyl adjacent to an activating group) is 1. The predicted molar refractivity (Wildman–Crippen MR) is 94.7 cm³/mol. The average molecular weight is 403 g/mol. The first kappa shape index (κ1) is 17.3. The topological polar surface area (TPSA) is 33.5 Å². The molecule has 1 unspecified atom stereocenters. The largest absolute Gasteiger partial charge is 0.326 e. The summed E-state index contributed by atoms with van der Waals surface area (Å²) in [4.78, 5) is 13.1. The Hall–Kier alpha value is -1.07. The van der Waals surface area contributed by atoms with Crippen molar-refractivity contribution in [2.24, 2.45) is 0 Å². The van der Waals surface area contributed by atoms with Crippen molar-refractivity contribution in [2.75, 3.05) is 18.9 Å². The minimum atomic E-state index is -0.0468. The van der Waals surface area contributed by atoms with Crippen molar-refractivity contribution >= 4 is 50.7 Å². The van der Waals surface area contributed by atoms with Crippen molar-refractivity contribution in [3.63, 3.8) is 0 Å². The molecule has 0 saturated heterocycles. The summed E-state index contributed by atoms with van der Waals surface area (Å²) in [5.74, 6) is -0.0468. The highest BCUT2D eigenvalue weighted by Crippen LogP contribution is 2.21. The van der Waals surface area contributed by atoms with E-state index in [9.17, 15) is 4.79 Å². The van der Waals surface area contributed by atoms with Crippen LogP contribution < -0.4 is 10.2 Å². The molecule has 2 aromatic rings. The lowest BCUT2D eigenvalue weighted by Gasteiger charge is -2.15. The zero-order valence-electron chi connectivity index (χ0n) is 12.0. The highest BCUT2D eigenvalue weighted by atomic mass is 79.9. The molecule has 0 aliphatic heterocycles. The normalized spacial score (nSPS) is 12.0. The van der Waals surface area contributed by atoms with Crippen LogP contribution in [0.15, 0.2) is 46.9 Å². The molecule has 0 radical (unpaired) electrons. The first-order valence-electron chi connectivity index (χ1n) is 6.75. The van der Waals surface area contributed by atoms with Gasteiger partial charge >= 0.3 is 0 Å². The number of nitrogens with one attached hydrogen (secondary N) is 2. The van der Waals surface area contributed by atoms with E-state index in [0.717, 1.165) is 20.6 Å². The lowest BCUT2D eigenvalue weighted by molar-refractivity contribution is -0.885. The van der Waals surface area contributed by atoms with Crippen LogP contribution in [-0.4, -0.2) is 19.5 Å². The Kier molecular flexibility index (Phi) is 6.26. The molecular formula is C16H16BrCl2N2O+. The first-order chi connectivity index (χ1) is 10.5. The molecule has 1 amide bonds. The van der Waals surface area contributed by atoms with Crippen molar-refractivity contribution < 1.29 is 9.69 Å². The highest BCUT2D eigenvalue weighted by Gasteiger charge is 2.13. The number of carbonyl (C=O) groups is 1. The molecule has 0 saturated carbocycles. The molecule has 116 valence electrons. The van der Waals surface area contributed by atoms with E-state index in [1.807, 2.05) is 37.4 Å². The third-order valence-electron chi connectivity index (χ3n) is 3.12. The van der Waals surface area contributed by atoms with Crippen LogP contribution in [0.2, 0.25) is 10.0 Å². The van der Waals surface area contributed by atoms with Gasteiger partial charge in [-0.05, 0) is 40.2 Å². The van der Waals surface area contributed by atoms with Crippen LogP contribution >= 0.6 is 39.1 Å². The number of halogens is 3. The minimum Gasteiger partial charge on any atom is -0.326 e. The van der Waals surface area contributed by atoms with Gasteiger partial charge in [-0.2, -0.15) is 0 Å². The number of quaternary nitrogens is 1. The van der Waals surface area contributed by atoms with Gasteiger partial charge in [0.2, 0.25) is 0 Å². The van der Waals surface area contributed by atoms with E-state index >= 15 is 0 Å². The Bertz CT molecular complexity index is 679. The standard InChI is InChI=1S/C16H15BrCl2N2O/c1-21(9-11-6-7-12(18)8-14(11)19)10-16(22)20-15-5-3-2-4-13(15)17/h2-8H,9-10H2,1H3,(H,20,22)/p+1. The third kappa shape index (κ3) is 4.99. The van der Waals surface area contributed by atoms with Gasteiger partial charge in [0.1, 0.15) is 6.54 Å². The number of amides is 1. The van der Waals surface area contributed by atoms with Crippen molar-refractivity contribution in [1.82, 2.24) is 0 Å². The summed E-state index contributed by atoms with van der Waals surface area (Å²) in [6, 6.07) is 12.9.